The summed E-state index contributed by atoms with van der Waals surface area (Å²) in [5, 5.41) is 3.30. The smallest absolute Gasteiger partial charge is 0.135 e. The molecule has 0 aliphatic rings. The first-order chi connectivity index (χ1) is 8.69. The third kappa shape index (κ3) is 3.20. The lowest BCUT2D eigenvalue weighted by Gasteiger charge is -2.09. The van der Waals surface area contributed by atoms with Crippen molar-refractivity contribution in [1.29, 1.82) is 0 Å². The molecule has 1 aromatic carbocycles. The summed E-state index contributed by atoms with van der Waals surface area (Å²) in [4.78, 5) is 8.40. The highest BCUT2D eigenvalue weighted by molar-refractivity contribution is 9.10. The summed E-state index contributed by atoms with van der Waals surface area (Å²) in [7, 11) is 1.65. The minimum atomic E-state index is 0.661. The molecule has 18 heavy (non-hydrogen) atoms. The van der Waals surface area contributed by atoms with E-state index in [9.17, 15) is 0 Å². The Bertz CT molecular complexity index is 546. The zero-order chi connectivity index (χ0) is 13.0. The lowest BCUT2D eigenvalue weighted by atomic mass is 10.3. The molecule has 94 valence electrons. The number of methoxy groups -OCH3 is 1. The number of hydrogen-bond acceptors (Lipinski definition) is 4. The predicted molar refractivity (Wildman–Crippen MR) is 74.8 cm³/mol. The summed E-state index contributed by atoms with van der Waals surface area (Å²) in [6.07, 6.45) is 1.77. The number of rotatable bonds is 4. The van der Waals surface area contributed by atoms with Gasteiger partial charge in [-0.2, -0.15) is 0 Å². The Labute approximate surface area is 115 Å². The van der Waals surface area contributed by atoms with Gasteiger partial charge in [0.1, 0.15) is 11.6 Å². The molecular formula is C13H14BrN3O. The van der Waals surface area contributed by atoms with Gasteiger partial charge in [-0.1, -0.05) is 0 Å². The maximum Gasteiger partial charge on any atom is 0.135 e. The van der Waals surface area contributed by atoms with Crippen molar-refractivity contribution in [3.05, 3.63) is 46.5 Å². The van der Waals surface area contributed by atoms with Crippen LogP contribution in [-0.2, 0) is 6.54 Å². The maximum atomic E-state index is 5.24. The van der Waals surface area contributed by atoms with Gasteiger partial charge >= 0.3 is 0 Å². The van der Waals surface area contributed by atoms with E-state index >= 15 is 0 Å². The van der Waals surface area contributed by atoms with Crippen LogP contribution in [0.3, 0.4) is 0 Å². The second-order valence-electron chi connectivity index (χ2n) is 3.80. The Morgan fingerprint density at radius 1 is 1.33 bits per heavy atom. The Morgan fingerprint density at radius 2 is 2.17 bits per heavy atom. The molecule has 0 amide bonds. The van der Waals surface area contributed by atoms with Gasteiger partial charge in [-0.05, 0) is 41.1 Å². The van der Waals surface area contributed by atoms with Crippen molar-refractivity contribution in [3.63, 3.8) is 0 Å². The fourth-order valence-electron chi connectivity index (χ4n) is 1.57. The van der Waals surface area contributed by atoms with Crippen molar-refractivity contribution in [2.45, 2.75) is 13.5 Å². The van der Waals surface area contributed by atoms with Crippen LogP contribution >= 0.6 is 15.9 Å². The lowest BCUT2D eigenvalue weighted by molar-refractivity contribution is 0.412. The molecule has 2 aromatic rings. The van der Waals surface area contributed by atoms with E-state index in [1.54, 1.807) is 13.3 Å². The number of nitrogens with zero attached hydrogens (tertiary/aromatic N) is 2. The lowest BCUT2D eigenvalue weighted by Crippen LogP contribution is -2.03. The predicted octanol–water partition coefficient (Wildman–Crippen LogP) is 3.17. The molecule has 1 N–H and O–H groups in total. The molecule has 0 bridgehead atoms. The molecule has 1 aromatic heterocycles. The number of aromatic nitrogens is 2. The highest BCUT2D eigenvalue weighted by Crippen LogP contribution is 2.27. The number of halogens is 1. The highest BCUT2D eigenvalue weighted by Gasteiger charge is 2.02. The summed E-state index contributed by atoms with van der Waals surface area (Å²) in [6, 6.07) is 7.78. The monoisotopic (exact) mass is 307 g/mol. The minimum Gasteiger partial charge on any atom is -0.495 e. The second kappa shape index (κ2) is 5.82. The van der Waals surface area contributed by atoms with E-state index in [-0.39, 0.29) is 0 Å². The number of anilines is 1. The largest absolute Gasteiger partial charge is 0.495 e. The van der Waals surface area contributed by atoms with Crippen molar-refractivity contribution in [2.75, 3.05) is 12.4 Å². The van der Waals surface area contributed by atoms with Gasteiger partial charge in [-0.15, -0.1) is 0 Å². The van der Waals surface area contributed by atoms with E-state index in [2.05, 4.69) is 31.2 Å². The van der Waals surface area contributed by atoms with Gasteiger partial charge in [0.2, 0.25) is 0 Å². The number of benzene rings is 1. The van der Waals surface area contributed by atoms with Crippen LogP contribution in [0, 0.1) is 6.92 Å². The van der Waals surface area contributed by atoms with E-state index in [0.717, 1.165) is 27.4 Å². The van der Waals surface area contributed by atoms with Crippen LogP contribution in [0.4, 0.5) is 5.69 Å². The molecular weight excluding hydrogens is 294 g/mol. The first-order valence-corrected chi connectivity index (χ1v) is 6.34. The van der Waals surface area contributed by atoms with E-state index in [4.69, 9.17) is 4.74 Å². The zero-order valence-electron chi connectivity index (χ0n) is 10.3. The van der Waals surface area contributed by atoms with Crippen LogP contribution in [0.1, 0.15) is 11.5 Å². The molecule has 0 spiro atoms. The van der Waals surface area contributed by atoms with E-state index in [1.807, 2.05) is 31.2 Å². The summed E-state index contributed by atoms with van der Waals surface area (Å²) in [5.74, 6) is 1.58. The quantitative estimate of drug-likeness (QED) is 0.942. The molecule has 4 nitrogen and oxygen atoms in total. The van der Waals surface area contributed by atoms with Crippen molar-refractivity contribution >= 4 is 21.6 Å². The Kier molecular flexibility index (Phi) is 4.15. The highest BCUT2D eigenvalue weighted by atomic mass is 79.9. The van der Waals surface area contributed by atoms with Gasteiger partial charge in [0.15, 0.2) is 0 Å². The molecule has 0 aliphatic heterocycles. The van der Waals surface area contributed by atoms with Crippen LogP contribution in [-0.4, -0.2) is 17.1 Å². The van der Waals surface area contributed by atoms with E-state index < -0.39 is 0 Å². The van der Waals surface area contributed by atoms with Crippen LogP contribution in [0.25, 0.3) is 0 Å². The fourth-order valence-corrected chi connectivity index (χ4v) is 1.97. The average molecular weight is 308 g/mol. The van der Waals surface area contributed by atoms with Gasteiger partial charge in [-0.3, -0.25) is 0 Å². The standard InChI is InChI=1S/C13H14BrN3O/c1-9-15-6-5-11(17-9)8-16-10-3-4-12(14)13(7-10)18-2/h3-7,16H,8H2,1-2H3. The molecule has 2 rings (SSSR count). The number of hydrogen-bond donors (Lipinski definition) is 1. The Hall–Kier alpha value is -1.62. The summed E-state index contributed by atoms with van der Waals surface area (Å²) < 4.78 is 6.18. The van der Waals surface area contributed by atoms with Crippen molar-refractivity contribution < 1.29 is 4.74 Å². The molecule has 0 unspecified atom stereocenters. The van der Waals surface area contributed by atoms with Crippen LogP contribution in [0.2, 0.25) is 0 Å². The molecule has 5 heteroatoms. The van der Waals surface area contributed by atoms with Gasteiger partial charge in [0.05, 0.1) is 23.8 Å². The minimum absolute atomic E-state index is 0.661. The van der Waals surface area contributed by atoms with Gasteiger partial charge in [-0.25, -0.2) is 9.97 Å². The van der Waals surface area contributed by atoms with E-state index in [0.29, 0.717) is 6.54 Å². The molecule has 0 radical (unpaired) electrons. The Balaban J connectivity index is 2.06. The number of aryl methyl sites for hydroxylation is 1. The molecule has 0 aliphatic carbocycles. The van der Waals surface area contributed by atoms with Crippen LogP contribution in [0.5, 0.6) is 5.75 Å². The fraction of sp³-hybridized carbons (Fsp3) is 0.231. The van der Waals surface area contributed by atoms with E-state index in [1.165, 1.54) is 0 Å². The van der Waals surface area contributed by atoms with Gasteiger partial charge in [0.25, 0.3) is 0 Å². The first kappa shape index (κ1) is 12.8. The average Bonchev–Trinajstić information content (AvgIpc) is 2.38. The third-order valence-corrected chi connectivity index (χ3v) is 3.11. The Morgan fingerprint density at radius 3 is 2.89 bits per heavy atom. The molecule has 0 saturated carbocycles. The van der Waals surface area contributed by atoms with Crippen molar-refractivity contribution in [1.82, 2.24) is 9.97 Å². The molecule has 0 saturated heterocycles. The summed E-state index contributed by atoms with van der Waals surface area (Å²) in [5.41, 5.74) is 1.95. The van der Waals surface area contributed by atoms with Gasteiger partial charge in [0, 0.05) is 18.0 Å². The number of ether oxygens (including phenoxy) is 1. The summed E-state index contributed by atoms with van der Waals surface area (Å²) in [6.45, 7) is 2.54. The third-order valence-electron chi connectivity index (χ3n) is 2.46. The van der Waals surface area contributed by atoms with Gasteiger partial charge < -0.3 is 10.1 Å². The van der Waals surface area contributed by atoms with Crippen molar-refractivity contribution in [2.24, 2.45) is 0 Å². The summed E-state index contributed by atoms with van der Waals surface area (Å²) >= 11 is 3.42. The second-order valence-corrected chi connectivity index (χ2v) is 4.65. The van der Waals surface area contributed by atoms with Crippen LogP contribution < -0.4 is 10.1 Å². The normalized spacial score (nSPS) is 10.2. The van der Waals surface area contributed by atoms with Crippen molar-refractivity contribution in [3.8, 4) is 5.75 Å². The zero-order valence-corrected chi connectivity index (χ0v) is 11.9. The van der Waals surface area contributed by atoms with Crippen LogP contribution in [0.15, 0.2) is 34.9 Å². The topological polar surface area (TPSA) is 47.0 Å². The number of nitrogens with one attached hydrogen (secondary N) is 1. The maximum absolute atomic E-state index is 5.24. The molecule has 0 atom stereocenters. The molecule has 1 heterocycles. The SMILES string of the molecule is COc1cc(NCc2ccnc(C)n2)ccc1Br. The molecule has 0 fully saturated rings. The first-order valence-electron chi connectivity index (χ1n) is 5.55.